The maximum Gasteiger partial charge on any atom is 0.338 e. The molecule has 0 amide bonds. The largest absolute Gasteiger partial charge is 0.489 e. The highest BCUT2D eigenvalue weighted by Gasteiger charge is 2.07. The maximum absolute atomic E-state index is 13.3. The van der Waals surface area contributed by atoms with Gasteiger partial charge in [0.15, 0.2) is 5.82 Å². The highest BCUT2D eigenvalue weighted by molar-refractivity contribution is 5.86. The van der Waals surface area contributed by atoms with Crippen LogP contribution in [0, 0.1) is 17.1 Å². The van der Waals surface area contributed by atoms with Crippen LogP contribution in [0.15, 0.2) is 54.9 Å². The van der Waals surface area contributed by atoms with E-state index in [2.05, 4.69) is 9.97 Å². The average molecular weight is 349 g/mol. The first-order chi connectivity index (χ1) is 12.6. The second kappa shape index (κ2) is 7.40. The maximum atomic E-state index is 13.3. The minimum atomic E-state index is -1.08. The number of halogens is 1. The van der Waals surface area contributed by atoms with Gasteiger partial charge in [-0.3, -0.25) is 0 Å². The fraction of sp³-hybridized carbons (Fsp3) is 0.0526. The molecule has 0 aliphatic heterocycles. The van der Waals surface area contributed by atoms with Gasteiger partial charge in [0.1, 0.15) is 24.2 Å². The normalized spacial score (nSPS) is 10.2. The number of carboxylic acid groups (broad SMARTS) is 1. The van der Waals surface area contributed by atoms with E-state index in [1.165, 1.54) is 24.5 Å². The van der Waals surface area contributed by atoms with E-state index >= 15 is 0 Å². The van der Waals surface area contributed by atoms with E-state index in [0.29, 0.717) is 22.7 Å². The Morgan fingerprint density at radius 2 is 1.85 bits per heavy atom. The van der Waals surface area contributed by atoms with Gasteiger partial charge in [-0.2, -0.15) is 5.26 Å². The lowest BCUT2D eigenvalue weighted by Crippen LogP contribution is -1.99. The number of ether oxygens (including phenoxy) is 1. The quantitative estimate of drug-likeness (QED) is 0.758. The molecule has 1 heterocycles. The van der Waals surface area contributed by atoms with Crippen molar-refractivity contribution in [3.8, 4) is 23.2 Å². The van der Waals surface area contributed by atoms with E-state index < -0.39 is 11.8 Å². The third kappa shape index (κ3) is 3.82. The number of rotatable bonds is 5. The van der Waals surface area contributed by atoms with Crippen LogP contribution in [0.5, 0.6) is 5.75 Å². The SMILES string of the molecule is N#Cc1cc(COc2ccc(-c3ncc(C(=O)O)cn3)cc2)ccc1F. The number of carboxylic acids is 1. The van der Waals surface area contributed by atoms with E-state index in [1.54, 1.807) is 36.4 Å². The molecule has 0 unspecified atom stereocenters. The molecule has 0 aliphatic carbocycles. The van der Waals surface area contributed by atoms with Gasteiger partial charge in [-0.05, 0) is 42.0 Å². The summed E-state index contributed by atoms with van der Waals surface area (Å²) in [5.41, 5.74) is 1.38. The van der Waals surface area contributed by atoms with Gasteiger partial charge in [-0.25, -0.2) is 19.2 Å². The van der Waals surface area contributed by atoms with Crippen molar-refractivity contribution >= 4 is 5.97 Å². The fourth-order valence-electron chi connectivity index (χ4n) is 2.20. The van der Waals surface area contributed by atoms with Gasteiger partial charge < -0.3 is 9.84 Å². The van der Waals surface area contributed by atoms with Crippen molar-refractivity contribution in [1.29, 1.82) is 5.26 Å². The number of hydrogen-bond acceptors (Lipinski definition) is 5. The molecule has 0 saturated heterocycles. The van der Waals surface area contributed by atoms with Gasteiger partial charge in [-0.15, -0.1) is 0 Å². The van der Waals surface area contributed by atoms with Gasteiger partial charge >= 0.3 is 5.97 Å². The summed E-state index contributed by atoms with van der Waals surface area (Å²) in [5.74, 6) is -0.660. The lowest BCUT2D eigenvalue weighted by Gasteiger charge is -2.08. The number of aromatic nitrogens is 2. The van der Waals surface area contributed by atoms with Crippen molar-refractivity contribution in [3.05, 3.63) is 77.4 Å². The molecule has 3 rings (SSSR count). The molecule has 6 nitrogen and oxygen atoms in total. The Hall–Kier alpha value is -3.79. The van der Waals surface area contributed by atoms with E-state index in [4.69, 9.17) is 15.1 Å². The van der Waals surface area contributed by atoms with Crippen molar-refractivity contribution in [3.63, 3.8) is 0 Å². The highest BCUT2D eigenvalue weighted by Crippen LogP contribution is 2.20. The summed E-state index contributed by atoms with van der Waals surface area (Å²) in [6.07, 6.45) is 2.49. The number of carbonyl (C=O) groups is 1. The highest BCUT2D eigenvalue weighted by atomic mass is 19.1. The summed E-state index contributed by atoms with van der Waals surface area (Å²) in [6.45, 7) is 0.193. The van der Waals surface area contributed by atoms with Gasteiger partial charge in [0, 0.05) is 18.0 Å². The van der Waals surface area contributed by atoms with Gasteiger partial charge in [0.05, 0.1) is 11.1 Å². The average Bonchev–Trinajstić information content (AvgIpc) is 2.68. The van der Waals surface area contributed by atoms with Crippen LogP contribution in [0.1, 0.15) is 21.5 Å². The van der Waals surface area contributed by atoms with Gasteiger partial charge in [0.25, 0.3) is 0 Å². The van der Waals surface area contributed by atoms with Crippen LogP contribution >= 0.6 is 0 Å². The molecule has 0 spiro atoms. The lowest BCUT2D eigenvalue weighted by atomic mass is 10.1. The summed E-state index contributed by atoms with van der Waals surface area (Å²) in [4.78, 5) is 18.8. The number of hydrogen-bond donors (Lipinski definition) is 1. The van der Waals surface area contributed by atoms with Crippen molar-refractivity contribution in [1.82, 2.24) is 9.97 Å². The Morgan fingerprint density at radius 1 is 1.15 bits per heavy atom. The molecule has 0 bridgehead atoms. The third-order valence-corrected chi connectivity index (χ3v) is 3.57. The lowest BCUT2D eigenvalue weighted by molar-refractivity contribution is 0.0696. The van der Waals surface area contributed by atoms with Crippen LogP contribution in [0.3, 0.4) is 0 Å². The smallest absolute Gasteiger partial charge is 0.338 e. The molecule has 0 fully saturated rings. The Morgan fingerprint density at radius 3 is 2.46 bits per heavy atom. The Kier molecular flexibility index (Phi) is 4.85. The zero-order valence-electron chi connectivity index (χ0n) is 13.4. The van der Waals surface area contributed by atoms with Crippen molar-refractivity contribution < 1.29 is 19.0 Å². The molecule has 3 aromatic rings. The van der Waals surface area contributed by atoms with E-state index in [-0.39, 0.29) is 17.7 Å². The Balaban J connectivity index is 1.68. The topological polar surface area (TPSA) is 96.1 Å². The van der Waals surface area contributed by atoms with Crippen LogP contribution in [0.4, 0.5) is 4.39 Å². The van der Waals surface area contributed by atoms with Crippen molar-refractivity contribution in [2.24, 2.45) is 0 Å². The minimum Gasteiger partial charge on any atom is -0.489 e. The monoisotopic (exact) mass is 349 g/mol. The van der Waals surface area contributed by atoms with Crippen molar-refractivity contribution in [2.75, 3.05) is 0 Å². The summed E-state index contributed by atoms with van der Waals surface area (Å²) in [6, 6.07) is 13.0. The van der Waals surface area contributed by atoms with Crippen LogP contribution < -0.4 is 4.74 Å². The molecule has 128 valence electrons. The van der Waals surface area contributed by atoms with Crippen LogP contribution in [0.2, 0.25) is 0 Å². The number of aromatic carboxylic acids is 1. The van der Waals surface area contributed by atoms with Gasteiger partial charge in [0.2, 0.25) is 0 Å². The van der Waals surface area contributed by atoms with Crippen LogP contribution in [-0.2, 0) is 6.61 Å². The minimum absolute atomic E-state index is 0.0183. The van der Waals surface area contributed by atoms with E-state index in [1.807, 2.05) is 0 Å². The van der Waals surface area contributed by atoms with E-state index in [9.17, 15) is 9.18 Å². The van der Waals surface area contributed by atoms with Crippen molar-refractivity contribution in [2.45, 2.75) is 6.61 Å². The molecule has 7 heteroatoms. The zero-order chi connectivity index (χ0) is 18.5. The molecule has 1 aromatic heterocycles. The first-order valence-electron chi connectivity index (χ1n) is 7.54. The standard InChI is InChI=1S/C19H12FN3O3/c20-17-6-1-12(7-14(17)8-21)11-26-16-4-2-13(3-5-16)18-22-9-15(10-23-18)19(24)25/h1-7,9-10H,11H2,(H,24,25). The molecule has 1 N–H and O–H groups in total. The molecule has 0 atom stereocenters. The second-order valence-electron chi connectivity index (χ2n) is 5.34. The molecule has 0 radical (unpaired) electrons. The summed E-state index contributed by atoms with van der Waals surface area (Å²) < 4.78 is 18.9. The second-order valence-corrected chi connectivity index (χ2v) is 5.34. The Bertz CT molecular complexity index is 980. The summed E-state index contributed by atoms with van der Waals surface area (Å²) in [7, 11) is 0. The van der Waals surface area contributed by atoms with Crippen LogP contribution in [0.25, 0.3) is 11.4 Å². The first kappa shape index (κ1) is 17.0. The zero-order valence-corrected chi connectivity index (χ0v) is 13.4. The van der Waals surface area contributed by atoms with E-state index in [0.717, 1.165) is 0 Å². The predicted molar refractivity (Wildman–Crippen MR) is 89.9 cm³/mol. The van der Waals surface area contributed by atoms with Gasteiger partial charge in [-0.1, -0.05) is 6.07 Å². The first-order valence-corrected chi connectivity index (χ1v) is 7.54. The molecular weight excluding hydrogens is 337 g/mol. The summed E-state index contributed by atoms with van der Waals surface area (Å²) >= 11 is 0. The fourth-order valence-corrected chi connectivity index (χ4v) is 2.20. The molecule has 0 aliphatic rings. The third-order valence-electron chi connectivity index (χ3n) is 3.57. The molecule has 0 saturated carbocycles. The molecule has 2 aromatic carbocycles. The Labute approximate surface area is 148 Å². The molecular formula is C19H12FN3O3. The molecule has 26 heavy (non-hydrogen) atoms. The predicted octanol–water partition coefficient (Wildman–Crippen LogP) is 3.43. The summed E-state index contributed by atoms with van der Waals surface area (Å²) in [5, 5.41) is 17.7. The number of nitriles is 1. The van der Waals surface area contributed by atoms with Crippen LogP contribution in [-0.4, -0.2) is 21.0 Å². The number of benzene rings is 2. The number of nitrogens with zero attached hydrogens (tertiary/aromatic N) is 3.